The van der Waals surface area contributed by atoms with Crippen molar-refractivity contribution in [1.82, 2.24) is 10.3 Å². The van der Waals surface area contributed by atoms with Crippen LogP contribution in [0.15, 0.2) is 53.6 Å². The van der Waals surface area contributed by atoms with Crippen molar-refractivity contribution in [3.8, 4) is 0 Å². The minimum absolute atomic E-state index is 0.0544. The molecule has 6 heteroatoms. The Balaban J connectivity index is 1.93. The maximum Gasteiger partial charge on any atom is 0.189 e. The molecule has 118 valence electrons. The summed E-state index contributed by atoms with van der Waals surface area (Å²) in [6.07, 6.45) is 0.690. The zero-order valence-corrected chi connectivity index (χ0v) is 14.0. The van der Waals surface area contributed by atoms with Gasteiger partial charge < -0.3 is 5.32 Å². The van der Waals surface area contributed by atoms with Crippen LogP contribution in [0.3, 0.4) is 0 Å². The molecule has 2 aromatic carbocycles. The molecule has 3 nitrogen and oxygen atoms in total. The smallest absolute Gasteiger partial charge is 0.189 e. The van der Waals surface area contributed by atoms with Crippen molar-refractivity contribution >= 4 is 34.6 Å². The number of rotatable bonds is 2. The first-order chi connectivity index (χ1) is 11.1. The Morgan fingerprint density at radius 2 is 1.87 bits per heavy atom. The summed E-state index contributed by atoms with van der Waals surface area (Å²) >= 11 is 11.3. The summed E-state index contributed by atoms with van der Waals surface area (Å²) in [5, 5.41) is 10.6. The van der Waals surface area contributed by atoms with Crippen LogP contribution in [0.5, 0.6) is 0 Å². The average molecular weight is 348 g/mol. The zero-order chi connectivity index (χ0) is 16.4. The topological polar surface area (TPSA) is 27.6 Å². The minimum atomic E-state index is -0.256. The second-order valence-electron chi connectivity index (χ2n) is 5.22. The summed E-state index contributed by atoms with van der Waals surface area (Å²) in [6.45, 7) is 0. The summed E-state index contributed by atoms with van der Waals surface area (Å²) in [4.78, 5) is 0. The fourth-order valence-corrected chi connectivity index (χ4v) is 2.87. The third-order valence-electron chi connectivity index (χ3n) is 3.76. The highest BCUT2D eigenvalue weighted by molar-refractivity contribution is 7.80. The van der Waals surface area contributed by atoms with Gasteiger partial charge in [0.15, 0.2) is 5.11 Å². The predicted octanol–water partition coefficient (Wildman–Crippen LogP) is 4.13. The van der Waals surface area contributed by atoms with E-state index in [9.17, 15) is 4.39 Å². The third kappa shape index (κ3) is 3.35. The Hall–Kier alpha value is -1.98. The Bertz CT molecular complexity index is 743. The second-order valence-corrected chi connectivity index (χ2v) is 6.05. The summed E-state index contributed by atoms with van der Waals surface area (Å²) in [5.74, 6) is -0.256. The summed E-state index contributed by atoms with van der Waals surface area (Å²) in [6, 6.07) is 13.9. The van der Waals surface area contributed by atoms with Crippen molar-refractivity contribution in [1.29, 1.82) is 0 Å². The van der Waals surface area contributed by atoms with E-state index in [0.29, 0.717) is 16.6 Å². The molecule has 0 aromatic heterocycles. The van der Waals surface area contributed by atoms with E-state index in [2.05, 4.69) is 10.4 Å². The molecule has 0 bridgehead atoms. The molecule has 0 fully saturated rings. The Morgan fingerprint density at radius 3 is 2.48 bits per heavy atom. The lowest BCUT2D eigenvalue weighted by atomic mass is 9.98. The number of hydrogen-bond acceptors (Lipinski definition) is 2. The molecule has 1 aliphatic rings. The maximum absolute atomic E-state index is 13.2. The van der Waals surface area contributed by atoms with Gasteiger partial charge in [-0.25, -0.2) is 9.40 Å². The standard InChI is InChI=1S/C17H15ClFN3S/c1-20-17(23)22-16(12-4-8-14(19)9-5-12)10-15(21-22)11-2-6-13(18)7-3-11/h2-9,16H,10H2,1H3,(H,20,23). The molecule has 1 aliphatic heterocycles. The van der Waals surface area contributed by atoms with Crippen molar-refractivity contribution in [2.45, 2.75) is 12.5 Å². The van der Waals surface area contributed by atoms with Crippen LogP contribution in [0.4, 0.5) is 4.39 Å². The number of thiocarbonyl (C=S) groups is 1. The predicted molar refractivity (Wildman–Crippen MR) is 95.2 cm³/mol. The van der Waals surface area contributed by atoms with Crippen molar-refractivity contribution in [3.63, 3.8) is 0 Å². The van der Waals surface area contributed by atoms with Gasteiger partial charge >= 0.3 is 0 Å². The van der Waals surface area contributed by atoms with Crippen molar-refractivity contribution in [2.24, 2.45) is 5.10 Å². The fraction of sp³-hybridized carbons (Fsp3) is 0.176. The summed E-state index contributed by atoms with van der Waals surface area (Å²) in [7, 11) is 1.76. The molecule has 0 saturated carbocycles. The second kappa shape index (κ2) is 6.64. The van der Waals surface area contributed by atoms with Crippen molar-refractivity contribution < 1.29 is 4.39 Å². The number of hydrazone groups is 1. The quantitative estimate of drug-likeness (QED) is 0.828. The lowest BCUT2D eigenvalue weighted by molar-refractivity contribution is 0.366. The van der Waals surface area contributed by atoms with E-state index in [1.807, 2.05) is 24.3 Å². The molecule has 1 unspecified atom stereocenters. The van der Waals surface area contributed by atoms with Gasteiger partial charge in [-0.1, -0.05) is 35.9 Å². The van der Waals surface area contributed by atoms with Crippen LogP contribution in [0, 0.1) is 5.82 Å². The van der Waals surface area contributed by atoms with Gasteiger partial charge in [0.1, 0.15) is 5.82 Å². The number of halogens is 2. The van der Waals surface area contributed by atoms with Gasteiger partial charge in [-0.2, -0.15) is 5.10 Å². The Morgan fingerprint density at radius 1 is 1.22 bits per heavy atom. The van der Waals surface area contributed by atoms with Crippen molar-refractivity contribution in [2.75, 3.05) is 7.05 Å². The molecule has 3 rings (SSSR count). The SMILES string of the molecule is CNC(=S)N1N=C(c2ccc(Cl)cc2)CC1c1ccc(F)cc1. The first kappa shape index (κ1) is 15.9. The highest BCUT2D eigenvalue weighted by Crippen LogP contribution is 2.33. The van der Waals surface area contributed by atoms with Crippen LogP contribution in [-0.2, 0) is 0 Å². The molecule has 2 aromatic rings. The molecule has 23 heavy (non-hydrogen) atoms. The summed E-state index contributed by atoms with van der Waals surface area (Å²) < 4.78 is 13.2. The highest BCUT2D eigenvalue weighted by atomic mass is 35.5. The first-order valence-electron chi connectivity index (χ1n) is 7.18. The Labute approximate surface area is 144 Å². The van der Waals surface area contributed by atoms with Crippen LogP contribution in [0.1, 0.15) is 23.6 Å². The van der Waals surface area contributed by atoms with Gasteiger partial charge in [0.05, 0.1) is 11.8 Å². The first-order valence-corrected chi connectivity index (χ1v) is 7.97. The Kier molecular flexibility index (Phi) is 4.59. The normalized spacial score (nSPS) is 17.1. The number of nitrogens with zero attached hydrogens (tertiary/aromatic N) is 2. The van der Waals surface area contributed by atoms with E-state index in [-0.39, 0.29) is 11.9 Å². The molecule has 1 heterocycles. The van der Waals surface area contributed by atoms with Gasteiger partial charge in [-0.05, 0) is 47.6 Å². The molecule has 0 saturated heterocycles. The number of benzene rings is 2. The minimum Gasteiger partial charge on any atom is -0.364 e. The van der Waals surface area contributed by atoms with Crippen molar-refractivity contribution in [3.05, 3.63) is 70.5 Å². The maximum atomic E-state index is 13.2. The molecular weight excluding hydrogens is 333 g/mol. The van der Waals surface area contributed by atoms with Crippen LogP contribution >= 0.6 is 23.8 Å². The van der Waals surface area contributed by atoms with Crippen LogP contribution < -0.4 is 5.32 Å². The molecule has 0 spiro atoms. The van der Waals surface area contributed by atoms with E-state index in [4.69, 9.17) is 23.8 Å². The lowest BCUT2D eigenvalue weighted by Gasteiger charge is -2.23. The zero-order valence-electron chi connectivity index (χ0n) is 12.5. The van der Waals surface area contributed by atoms with E-state index >= 15 is 0 Å². The average Bonchev–Trinajstić information content (AvgIpc) is 3.00. The van der Waals surface area contributed by atoms with Crippen LogP contribution in [0.25, 0.3) is 0 Å². The monoisotopic (exact) mass is 347 g/mol. The highest BCUT2D eigenvalue weighted by Gasteiger charge is 2.31. The van der Waals surface area contributed by atoms with Gasteiger partial charge in [-0.15, -0.1) is 0 Å². The van der Waals surface area contributed by atoms with E-state index in [1.165, 1.54) is 12.1 Å². The molecule has 0 aliphatic carbocycles. The van der Waals surface area contributed by atoms with E-state index in [0.717, 1.165) is 16.8 Å². The van der Waals surface area contributed by atoms with Gasteiger partial charge in [0.25, 0.3) is 0 Å². The fourth-order valence-electron chi connectivity index (χ4n) is 2.57. The lowest BCUT2D eigenvalue weighted by Crippen LogP contribution is -2.34. The van der Waals surface area contributed by atoms with Gasteiger partial charge in [-0.3, -0.25) is 0 Å². The van der Waals surface area contributed by atoms with Crippen LogP contribution in [-0.4, -0.2) is 22.9 Å². The third-order valence-corrected chi connectivity index (χ3v) is 4.41. The number of nitrogens with one attached hydrogen (secondary N) is 1. The molecule has 1 N–H and O–H groups in total. The molecular formula is C17H15ClFN3S. The molecule has 0 amide bonds. The molecule has 1 atom stereocenters. The largest absolute Gasteiger partial charge is 0.364 e. The van der Waals surface area contributed by atoms with E-state index in [1.54, 1.807) is 24.2 Å². The number of hydrogen-bond donors (Lipinski definition) is 1. The van der Waals surface area contributed by atoms with Gasteiger partial charge in [0.2, 0.25) is 0 Å². The van der Waals surface area contributed by atoms with Gasteiger partial charge in [0, 0.05) is 18.5 Å². The van der Waals surface area contributed by atoms with E-state index < -0.39 is 0 Å². The summed E-state index contributed by atoms with van der Waals surface area (Å²) in [5.41, 5.74) is 2.90. The molecule has 0 radical (unpaired) electrons. The van der Waals surface area contributed by atoms with Crippen LogP contribution in [0.2, 0.25) is 5.02 Å².